The summed E-state index contributed by atoms with van der Waals surface area (Å²) < 4.78 is 14.4. The Morgan fingerprint density at radius 3 is 3.00 bits per heavy atom. The first kappa shape index (κ1) is 12.8. The van der Waals surface area contributed by atoms with Crippen LogP contribution in [0.5, 0.6) is 0 Å². The number of nitrogens with one attached hydrogen (secondary N) is 1. The highest BCUT2D eigenvalue weighted by Crippen LogP contribution is 2.21. The van der Waals surface area contributed by atoms with Crippen LogP contribution in [0.1, 0.15) is 19.3 Å². The maximum Gasteiger partial charge on any atom is 0.147 e. The van der Waals surface area contributed by atoms with Crippen LogP contribution in [0.3, 0.4) is 0 Å². The average Bonchev–Trinajstić information content (AvgIpc) is 2.30. The van der Waals surface area contributed by atoms with Gasteiger partial charge in [0.25, 0.3) is 0 Å². The quantitative estimate of drug-likeness (QED) is 0.919. The van der Waals surface area contributed by atoms with E-state index in [0.717, 1.165) is 17.6 Å². The molecular formula is C13H18BrFN2. The molecule has 4 heteroatoms. The van der Waals surface area contributed by atoms with Crippen LogP contribution in [0.2, 0.25) is 0 Å². The zero-order chi connectivity index (χ0) is 12.3. The molecule has 1 atom stereocenters. The summed E-state index contributed by atoms with van der Waals surface area (Å²) in [6, 6.07) is 5.65. The van der Waals surface area contributed by atoms with Crippen molar-refractivity contribution in [3.63, 3.8) is 0 Å². The fraction of sp³-hybridized carbons (Fsp3) is 0.538. The van der Waals surface area contributed by atoms with Gasteiger partial charge in [-0.25, -0.2) is 4.39 Å². The van der Waals surface area contributed by atoms with E-state index in [4.69, 9.17) is 0 Å². The van der Waals surface area contributed by atoms with Crippen molar-refractivity contribution in [3.8, 4) is 0 Å². The standard InChI is InChI=1S/C13H18BrFN2/c1-17-7-3-2-4-11(17)9-16-13-6-5-10(14)8-12(13)15/h5-6,8,11,16H,2-4,7,9H2,1H3. The predicted molar refractivity (Wildman–Crippen MR) is 72.9 cm³/mol. The maximum absolute atomic E-state index is 13.6. The highest BCUT2D eigenvalue weighted by Gasteiger charge is 2.18. The van der Waals surface area contributed by atoms with Crippen LogP contribution in [0.4, 0.5) is 10.1 Å². The van der Waals surface area contributed by atoms with E-state index >= 15 is 0 Å². The van der Waals surface area contributed by atoms with Gasteiger partial charge in [-0.2, -0.15) is 0 Å². The van der Waals surface area contributed by atoms with E-state index < -0.39 is 0 Å². The van der Waals surface area contributed by atoms with Gasteiger partial charge in [0.2, 0.25) is 0 Å². The van der Waals surface area contributed by atoms with Crippen LogP contribution < -0.4 is 5.32 Å². The van der Waals surface area contributed by atoms with Crippen LogP contribution in [-0.4, -0.2) is 31.1 Å². The lowest BCUT2D eigenvalue weighted by Gasteiger charge is -2.32. The molecule has 1 heterocycles. The third-order valence-corrected chi connectivity index (χ3v) is 3.87. The topological polar surface area (TPSA) is 15.3 Å². The van der Waals surface area contributed by atoms with Gasteiger partial charge < -0.3 is 10.2 Å². The molecule has 1 N–H and O–H groups in total. The lowest BCUT2D eigenvalue weighted by atomic mass is 10.0. The molecule has 1 fully saturated rings. The lowest BCUT2D eigenvalue weighted by Crippen LogP contribution is -2.40. The van der Waals surface area contributed by atoms with Gasteiger partial charge in [0.15, 0.2) is 0 Å². The van der Waals surface area contributed by atoms with Crippen molar-refractivity contribution < 1.29 is 4.39 Å². The molecule has 0 amide bonds. The summed E-state index contributed by atoms with van der Waals surface area (Å²) in [6.45, 7) is 1.96. The van der Waals surface area contributed by atoms with Gasteiger partial charge in [0, 0.05) is 17.1 Å². The molecule has 0 saturated carbocycles. The first-order valence-corrected chi connectivity index (χ1v) is 6.85. The molecule has 0 spiro atoms. The van der Waals surface area contributed by atoms with E-state index in [1.165, 1.54) is 25.3 Å². The summed E-state index contributed by atoms with van der Waals surface area (Å²) >= 11 is 3.26. The van der Waals surface area contributed by atoms with E-state index in [0.29, 0.717) is 11.7 Å². The minimum Gasteiger partial charge on any atom is -0.381 e. The number of benzene rings is 1. The van der Waals surface area contributed by atoms with E-state index in [1.54, 1.807) is 6.07 Å². The van der Waals surface area contributed by atoms with Crippen LogP contribution in [0, 0.1) is 5.82 Å². The molecule has 1 unspecified atom stereocenters. The summed E-state index contributed by atoms with van der Waals surface area (Å²) in [5.74, 6) is -0.196. The van der Waals surface area contributed by atoms with Crippen LogP contribution >= 0.6 is 15.9 Å². The molecule has 94 valence electrons. The molecule has 0 radical (unpaired) electrons. The molecule has 1 aliphatic heterocycles. The Bertz CT molecular complexity index is 384. The number of likely N-dealkylation sites (tertiary alicyclic amines) is 1. The van der Waals surface area contributed by atoms with Crippen molar-refractivity contribution in [1.29, 1.82) is 0 Å². The summed E-state index contributed by atoms with van der Waals surface area (Å²) in [6.07, 6.45) is 3.75. The Morgan fingerprint density at radius 2 is 2.29 bits per heavy atom. The van der Waals surface area contributed by atoms with Crippen LogP contribution in [0.15, 0.2) is 22.7 Å². The van der Waals surface area contributed by atoms with Gasteiger partial charge in [0.1, 0.15) is 5.82 Å². The Morgan fingerprint density at radius 1 is 1.47 bits per heavy atom. The molecule has 1 aromatic carbocycles. The smallest absolute Gasteiger partial charge is 0.147 e. The van der Waals surface area contributed by atoms with Crippen molar-refractivity contribution in [2.45, 2.75) is 25.3 Å². The molecule has 2 nitrogen and oxygen atoms in total. The number of piperidine rings is 1. The van der Waals surface area contributed by atoms with Gasteiger partial charge in [-0.1, -0.05) is 22.4 Å². The molecular weight excluding hydrogens is 283 g/mol. The lowest BCUT2D eigenvalue weighted by molar-refractivity contribution is 0.194. The Labute approximate surface area is 110 Å². The van der Waals surface area contributed by atoms with Crippen molar-refractivity contribution >= 4 is 21.6 Å². The summed E-state index contributed by atoms with van der Waals surface area (Å²) in [5.41, 5.74) is 0.590. The van der Waals surface area contributed by atoms with E-state index in [2.05, 4.69) is 33.2 Å². The highest BCUT2D eigenvalue weighted by atomic mass is 79.9. The molecule has 0 aliphatic carbocycles. The fourth-order valence-corrected chi connectivity index (χ4v) is 2.60. The number of halogens is 2. The Hall–Kier alpha value is -0.610. The number of hydrogen-bond donors (Lipinski definition) is 1. The highest BCUT2D eigenvalue weighted by molar-refractivity contribution is 9.10. The van der Waals surface area contributed by atoms with Crippen molar-refractivity contribution in [3.05, 3.63) is 28.5 Å². The molecule has 2 rings (SSSR count). The number of hydrogen-bond acceptors (Lipinski definition) is 2. The number of anilines is 1. The van der Waals surface area contributed by atoms with Gasteiger partial charge >= 0.3 is 0 Å². The van der Waals surface area contributed by atoms with Crippen molar-refractivity contribution in [1.82, 2.24) is 4.90 Å². The SMILES string of the molecule is CN1CCCCC1CNc1ccc(Br)cc1F. The molecule has 1 aliphatic rings. The molecule has 1 aromatic rings. The van der Waals surface area contributed by atoms with Gasteiger partial charge in [-0.05, 0) is 44.6 Å². The summed E-state index contributed by atoms with van der Waals surface area (Å²) in [7, 11) is 2.14. The average molecular weight is 301 g/mol. The minimum absolute atomic E-state index is 0.196. The Kier molecular flexibility index (Phi) is 4.40. The number of rotatable bonds is 3. The van der Waals surface area contributed by atoms with Crippen LogP contribution in [0.25, 0.3) is 0 Å². The molecule has 0 aromatic heterocycles. The second kappa shape index (κ2) is 5.83. The third kappa shape index (κ3) is 3.42. The van der Waals surface area contributed by atoms with E-state index in [1.807, 2.05) is 6.07 Å². The maximum atomic E-state index is 13.6. The monoisotopic (exact) mass is 300 g/mol. The zero-order valence-corrected chi connectivity index (χ0v) is 11.6. The summed E-state index contributed by atoms with van der Waals surface area (Å²) in [5, 5.41) is 3.20. The molecule has 1 saturated heterocycles. The second-order valence-electron chi connectivity index (χ2n) is 4.64. The first-order valence-electron chi connectivity index (χ1n) is 6.06. The summed E-state index contributed by atoms with van der Waals surface area (Å²) in [4.78, 5) is 2.35. The van der Waals surface area contributed by atoms with Crippen LogP contribution in [-0.2, 0) is 0 Å². The predicted octanol–water partition coefficient (Wildman–Crippen LogP) is 3.48. The molecule has 17 heavy (non-hydrogen) atoms. The van der Waals surface area contributed by atoms with Gasteiger partial charge in [-0.3, -0.25) is 0 Å². The normalized spacial score (nSPS) is 21.5. The van der Waals surface area contributed by atoms with E-state index in [9.17, 15) is 4.39 Å². The largest absolute Gasteiger partial charge is 0.381 e. The fourth-order valence-electron chi connectivity index (χ4n) is 2.26. The van der Waals surface area contributed by atoms with Gasteiger partial charge in [0.05, 0.1) is 5.69 Å². The zero-order valence-electron chi connectivity index (χ0n) is 10.0. The third-order valence-electron chi connectivity index (χ3n) is 3.38. The number of nitrogens with zero attached hydrogens (tertiary/aromatic N) is 1. The van der Waals surface area contributed by atoms with E-state index in [-0.39, 0.29) is 5.82 Å². The Balaban J connectivity index is 1.92. The number of likely N-dealkylation sites (N-methyl/N-ethyl adjacent to an activating group) is 1. The van der Waals surface area contributed by atoms with Gasteiger partial charge in [-0.15, -0.1) is 0 Å². The van der Waals surface area contributed by atoms with Crippen molar-refractivity contribution in [2.24, 2.45) is 0 Å². The molecule has 0 bridgehead atoms. The van der Waals surface area contributed by atoms with Crippen molar-refractivity contribution in [2.75, 3.05) is 25.5 Å². The minimum atomic E-state index is -0.196. The second-order valence-corrected chi connectivity index (χ2v) is 5.55. The first-order chi connectivity index (χ1) is 8.16.